The number of hydrogen-bond acceptors (Lipinski definition) is 4. The van der Waals surface area contributed by atoms with Gasteiger partial charge in [-0.25, -0.2) is 8.42 Å². The number of benzene rings is 4. The molecule has 0 aromatic heterocycles. The van der Waals surface area contributed by atoms with Crippen molar-refractivity contribution >= 4 is 39.1 Å². The van der Waals surface area contributed by atoms with Crippen molar-refractivity contribution in [3.05, 3.63) is 130 Å². The third kappa shape index (κ3) is 8.96. The summed E-state index contributed by atoms with van der Waals surface area (Å²) in [6, 6.07) is 29.1. The largest absolute Gasteiger partial charge is 0.352 e. The van der Waals surface area contributed by atoms with Crippen LogP contribution in [0.5, 0.6) is 0 Å². The van der Waals surface area contributed by atoms with Crippen LogP contribution in [0.4, 0.5) is 5.69 Å². The minimum absolute atomic E-state index is 0.0713. The summed E-state index contributed by atoms with van der Waals surface area (Å²) in [5.74, 6) is -0.818. The van der Waals surface area contributed by atoms with Gasteiger partial charge in [0.1, 0.15) is 12.6 Å². The van der Waals surface area contributed by atoms with Crippen molar-refractivity contribution in [2.24, 2.45) is 0 Å². The van der Waals surface area contributed by atoms with Crippen LogP contribution < -0.4 is 9.62 Å². The Morgan fingerprint density at radius 3 is 2.11 bits per heavy atom. The van der Waals surface area contributed by atoms with Gasteiger partial charge in [0.05, 0.1) is 10.6 Å². The van der Waals surface area contributed by atoms with Gasteiger partial charge in [0.25, 0.3) is 10.0 Å². The number of nitrogens with one attached hydrogen (secondary N) is 1. The molecule has 0 saturated carbocycles. The number of rotatable bonds is 13. The monoisotopic (exact) mass is 645 g/mol. The Morgan fingerprint density at radius 1 is 0.822 bits per heavy atom. The van der Waals surface area contributed by atoms with Crippen LogP contribution in [0, 0.1) is 13.8 Å². The highest BCUT2D eigenvalue weighted by atomic mass is 35.5. The lowest BCUT2D eigenvalue weighted by atomic mass is 10.0. The third-order valence-electron chi connectivity index (χ3n) is 7.72. The second-order valence-corrected chi connectivity index (χ2v) is 13.6. The van der Waals surface area contributed by atoms with Gasteiger partial charge in [0, 0.05) is 24.0 Å². The molecule has 4 rings (SSSR count). The molecule has 0 aliphatic rings. The van der Waals surface area contributed by atoms with Gasteiger partial charge in [0.15, 0.2) is 0 Å². The number of sulfonamides is 1. The van der Waals surface area contributed by atoms with Crippen LogP contribution >= 0.6 is 11.6 Å². The second-order valence-electron chi connectivity index (χ2n) is 11.3. The number of anilines is 1. The maximum atomic E-state index is 14.5. The van der Waals surface area contributed by atoms with Crippen LogP contribution in [0.15, 0.2) is 108 Å². The molecule has 2 amide bonds. The number of amides is 2. The molecule has 4 aromatic rings. The first-order chi connectivity index (χ1) is 21.5. The lowest BCUT2D eigenvalue weighted by Crippen LogP contribution is -2.54. The molecule has 2 atom stereocenters. The van der Waals surface area contributed by atoms with Crippen molar-refractivity contribution in [1.82, 2.24) is 10.2 Å². The predicted octanol–water partition coefficient (Wildman–Crippen LogP) is 6.71. The highest BCUT2D eigenvalue weighted by Gasteiger charge is 2.35. The second kappa shape index (κ2) is 15.2. The minimum atomic E-state index is -4.15. The first-order valence-electron chi connectivity index (χ1n) is 15.0. The molecule has 236 valence electrons. The summed E-state index contributed by atoms with van der Waals surface area (Å²) in [5, 5.41) is 3.59. The summed E-state index contributed by atoms with van der Waals surface area (Å²) in [6.45, 7) is 7.21. The molecule has 1 N–H and O–H groups in total. The number of carbonyl (C=O) groups is 2. The van der Waals surface area contributed by atoms with E-state index in [1.165, 1.54) is 4.90 Å². The Kier molecular flexibility index (Phi) is 11.4. The van der Waals surface area contributed by atoms with Gasteiger partial charge >= 0.3 is 0 Å². The van der Waals surface area contributed by atoms with E-state index in [4.69, 9.17) is 11.6 Å². The first-order valence-corrected chi connectivity index (χ1v) is 16.8. The number of hydrogen-bond donors (Lipinski definition) is 1. The van der Waals surface area contributed by atoms with Gasteiger partial charge < -0.3 is 10.2 Å². The molecule has 0 heterocycles. The molecule has 9 heteroatoms. The Bertz CT molecular complexity index is 1690. The zero-order chi connectivity index (χ0) is 32.6. The topological polar surface area (TPSA) is 86.8 Å². The van der Waals surface area contributed by atoms with Gasteiger partial charge in [-0.05, 0) is 80.3 Å². The maximum absolute atomic E-state index is 14.5. The van der Waals surface area contributed by atoms with Gasteiger partial charge in [-0.2, -0.15) is 0 Å². The van der Waals surface area contributed by atoms with Crippen LogP contribution in [-0.2, 0) is 32.6 Å². The van der Waals surface area contributed by atoms with E-state index >= 15 is 0 Å². The quantitative estimate of drug-likeness (QED) is 0.175. The summed E-state index contributed by atoms with van der Waals surface area (Å²) in [6.07, 6.45) is 0.961. The van der Waals surface area contributed by atoms with E-state index in [2.05, 4.69) is 5.32 Å². The van der Waals surface area contributed by atoms with E-state index in [1.54, 1.807) is 66.7 Å². The van der Waals surface area contributed by atoms with Crippen LogP contribution in [0.2, 0.25) is 5.02 Å². The van der Waals surface area contributed by atoms with Gasteiger partial charge in [-0.15, -0.1) is 0 Å². The van der Waals surface area contributed by atoms with Crippen molar-refractivity contribution in [1.29, 1.82) is 0 Å². The van der Waals surface area contributed by atoms with E-state index in [0.29, 0.717) is 17.1 Å². The highest BCUT2D eigenvalue weighted by molar-refractivity contribution is 7.92. The van der Waals surface area contributed by atoms with Crippen molar-refractivity contribution in [3.8, 4) is 0 Å². The molecule has 0 bridgehead atoms. The van der Waals surface area contributed by atoms with E-state index in [9.17, 15) is 18.0 Å². The summed E-state index contributed by atoms with van der Waals surface area (Å²) < 4.78 is 29.4. The Labute approximate surface area is 271 Å². The van der Waals surface area contributed by atoms with E-state index < -0.39 is 28.5 Å². The number of nitrogens with zero attached hydrogens (tertiary/aromatic N) is 2. The lowest BCUT2D eigenvalue weighted by molar-refractivity contribution is -0.140. The van der Waals surface area contributed by atoms with Crippen LogP contribution in [0.25, 0.3) is 0 Å². The Hall–Kier alpha value is -4.14. The van der Waals surface area contributed by atoms with Gasteiger partial charge in [-0.3, -0.25) is 13.9 Å². The van der Waals surface area contributed by atoms with E-state index in [-0.39, 0.29) is 29.8 Å². The standard InChI is InChI=1S/C36H40ClN3O4S/c1-5-28(4)38-36(42)34(23-29-11-7-6-8-12-29)39(24-30-16-18-31(37)19-17-30)35(41)25-40(32-13-9-10-27(3)22-32)45(43,44)33-20-14-26(2)15-21-33/h6-22,28,34H,5,23-25H2,1-4H3,(H,38,42)/t28-,34-/m0/s1. The fraction of sp³-hybridized carbons (Fsp3) is 0.278. The van der Waals surface area contributed by atoms with Crippen LogP contribution in [0.3, 0.4) is 0 Å². The maximum Gasteiger partial charge on any atom is 0.264 e. The molecule has 0 fully saturated rings. The molecule has 7 nitrogen and oxygen atoms in total. The molecule has 0 spiro atoms. The Morgan fingerprint density at radius 2 is 1.49 bits per heavy atom. The van der Waals surface area contributed by atoms with E-state index in [1.807, 2.05) is 64.1 Å². The summed E-state index contributed by atoms with van der Waals surface area (Å²) in [4.78, 5) is 30.0. The zero-order valence-corrected chi connectivity index (χ0v) is 27.7. The zero-order valence-electron chi connectivity index (χ0n) is 26.1. The third-order valence-corrected chi connectivity index (χ3v) is 9.76. The summed E-state index contributed by atoms with van der Waals surface area (Å²) >= 11 is 6.15. The normalized spacial score (nSPS) is 12.6. The molecular formula is C36H40ClN3O4S. The number of aryl methyl sites for hydroxylation is 2. The molecule has 0 unspecified atom stereocenters. The SMILES string of the molecule is CC[C@H](C)NC(=O)[C@H](Cc1ccccc1)N(Cc1ccc(Cl)cc1)C(=O)CN(c1cccc(C)c1)S(=O)(=O)c1ccc(C)cc1. The average molecular weight is 646 g/mol. The van der Waals surface area contributed by atoms with Crippen molar-refractivity contribution in [3.63, 3.8) is 0 Å². The molecule has 45 heavy (non-hydrogen) atoms. The minimum Gasteiger partial charge on any atom is -0.352 e. The number of halogens is 1. The van der Waals surface area contributed by atoms with Crippen LogP contribution in [0.1, 0.15) is 42.5 Å². The van der Waals surface area contributed by atoms with Crippen molar-refractivity contribution < 1.29 is 18.0 Å². The molecule has 0 saturated heterocycles. The highest BCUT2D eigenvalue weighted by Crippen LogP contribution is 2.26. The smallest absolute Gasteiger partial charge is 0.264 e. The number of carbonyl (C=O) groups excluding carboxylic acids is 2. The fourth-order valence-electron chi connectivity index (χ4n) is 4.93. The van der Waals surface area contributed by atoms with Gasteiger partial charge in [-0.1, -0.05) is 90.8 Å². The van der Waals surface area contributed by atoms with Crippen LogP contribution in [-0.4, -0.2) is 43.8 Å². The summed E-state index contributed by atoms with van der Waals surface area (Å²) in [7, 11) is -4.15. The van der Waals surface area contributed by atoms with E-state index in [0.717, 1.165) is 26.6 Å². The molecular weight excluding hydrogens is 606 g/mol. The van der Waals surface area contributed by atoms with Gasteiger partial charge in [0.2, 0.25) is 11.8 Å². The molecule has 4 aromatic carbocycles. The lowest BCUT2D eigenvalue weighted by Gasteiger charge is -2.34. The fourth-order valence-corrected chi connectivity index (χ4v) is 6.46. The molecule has 0 aliphatic heterocycles. The summed E-state index contributed by atoms with van der Waals surface area (Å²) in [5.41, 5.74) is 3.75. The first kappa shape index (κ1) is 33.7. The Balaban J connectivity index is 1.80. The average Bonchev–Trinajstić information content (AvgIpc) is 3.02. The predicted molar refractivity (Wildman–Crippen MR) is 181 cm³/mol. The van der Waals surface area contributed by atoms with Crippen molar-refractivity contribution in [2.75, 3.05) is 10.8 Å². The van der Waals surface area contributed by atoms with Crippen molar-refractivity contribution in [2.45, 2.75) is 64.1 Å². The molecule has 0 radical (unpaired) electrons. The molecule has 0 aliphatic carbocycles.